The third-order valence-corrected chi connectivity index (χ3v) is 3.68. The first-order valence-electron chi connectivity index (χ1n) is 5.72. The van der Waals surface area contributed by atoms with E-state index in [0.717, 1.165) is 35.5 Å². The number of thioether (sulfide) groups is 1. The molecule has 0 unspecified atom stereocenters. The van der Waals surface area contributed by atoms with Gasteiger partial charge in [-0.25, -0.2) is 0 Å². The Kier molecular flexibility index (Phi) is 3.83. The van der Waals surface area contributed by atoms with Gasteiger partial charge in [0.05, 0.1) is 0 Å². The Labute approximate surface area is 101 Å². The molecule has 2 rings (SSSR count). The summed E-state index contributed by atoms with van der Waals surface area (Å²) >= 11 is 1.86. The minimum Gasteiger partial charge on any atom is -0.289 e. The van der Waals surface area contributed by atoms with Gasteiger partial charge < -0.3 is 0 Å². The third-order valence-electron chi connectivity index (χ3n) is 2.87. The highest BCUT2D eigenvalue weighted by molar-refractivity contribution is 7.99. The fourth-order valence-corrected chi connectivity index (χ4v) is 2.54. The normalized spacial score (nSPS) is 17.6. The zero-order valence-corrected chi connectivity index (χ0v) is 10.3. The monoisotopic (exact) mass is 232 g/mol. The van der Waals surface area contributed by atoms with Gasteiger partial charge in [0.1, 0.15) is 0 Å². The zero-order valence-electron chi connectivity index (χ0n) is 9.53. The number of hydrogen-bond donors (Lipinski definition) is 0. The van der Waals surface area contributed by atoms with E-state index in [1.807, 2.05) is 30.0 Å². The zero-order chi connectivity index (χ0) is 11.4. The molecule has 0 saturated heterocycles. The van der Waals surface area contributed by atoms with Gasteiger partial charge in [-0.2, -0.15) is 11.8 Å². The molecule has 0 heterocycles. The van der Waals surface area contributed by atoms with Crippen molar-refractivity contribution >= 4 is 17.5 Å². The maximum absolute atomic E-state index is 12.1. The topological polar surface area (TPSA) is 17.1 Å². The standard InChI is InChI=1S/C14H16OS/c1-2-16-10-9-12-8-7-11-5-3-4-6-13(11)14(12)15/h3-6,9H,2,7-8,10H2,1H3/b12-9-. The molecule has 16 heavy (non-hydrogen) atoms. The Balaban J connectivity index is 2.18. The van der Waals surface area contributed by atoms with Gasteiger partial charge in [0, 0.05) is 11.3 Å². The minimum absolute atomic E-state index is 0.235. The summed E-state index contributed by atoms with van der Waals surface area (Å²) in [6.07, 6.45) is 4.01. The van der Waals surface area contributed by atoms with Crippen LogP contribution in [0.25, 0.3) is 0 Å². The van der Waals surface area contributed by atoms with Crippen LogP contribution in [0.1, 0.15) is 29.3 Å². The molecule has 2 heteroatoms. The summed E-state index contributed by atoms with van der Waals surface area (Å²) < 4.78 is 0. The second-order valence-electron chi connectivity index (χ2n) is 3.88. The van der Waals surface area contributed by atoms with E-state index in [1.165, 1.54) is 5.56 Å². The summed E-state index contributed by atoms with van der Waals surface area (Å²) in [6.45, 7) is 2.14. The Morgan fingerprint density at radius 1 is 1.31 bits per heavy atom. The van der Waals surface area contributed by atoms with Crippen molar-refractivity contribution in [1.82, 2.24) is 0 Å². The highest BCUT2D eigenvalue weighted by Crippen LogP contribution is 2.25. The predicted octanol–water partition coefficient (Wildman–Crippen LogP) is 3.50. The number of carbonyl (C=O) groups is 1. The van der Waals surface area contributed by atoms with E-state index in [2.05, 4.69) is 19.1 Å². The number of ketones is 1. The number of benzene rings is 1. The molecule has 0 fully saturated rings. The average molecular weight is 232 g/mol. The van der Waals surface area contributed by atoms with Crippen LogP contribution in [-0.2, 0) is 6.42 Å². The largest absolute Gasteiger partial charge is 0.289 e. The van der Waals surface area contributed by atoms with Crippen molar-refractivity contribution in [2.45, 2.75) is 19.8 Å². The SMILES string of the molecule is CCSC/C=C1/CCc2ccccc2C1=O. The number of carbonyl (C=O) groups excluding carboxylic acids is 1. The van der Waals surface area contributed by atoms with E-state index < -0.39 is 0 Å². The average Bonchev–Trinajstić information content (AvgIpc) is 2.33. The molecule has 1 aliphatic carbocycles. The van der Waals surface area contributed by atoms with Crippen LogP contribution >= 0.6 is 11.8 Å². The molecule has 1 aromatic carbocycles. The molecule has 0 saturated carbocycles. The molecular formula is C14H16OS. The van der Waals surface area contributed by atoms with Crippen molar-refractivity contribution in [1.29, 1.82) is 0 Å². The molecule has 0 aromatic heterocycles. The Bertz CT molecular complexity index is 420. The van der Waals surface area contributed by atoms with E-state index >= 15 is 0 Å². The summed E-state index contributed by atoms with van der Waals surface area (Å²) in [7, 11) is 0. The number of allylic oxidation sites excluding steroid dienone is 1. The molecule has 0 N–H and O–H groups in total. The van der Waals surface area contributed by atoms with Crippen molar-refractivity contribution < 1.29 is 4.79 Å². The van der Waals surface area contributed by atoms with Gasteiger partial charge in [0.25, 0.3) is 0 Å². The smallest absolute Gasteiger partial charge is 0.189 e. The van der Waals surface area contributed by atoms with E-state index in [0.29, 0.717) is 0 Å². The van der Waals surface area contributed by atoms with Crippen LogP contribution in [0.3, 0.4) is 0 Å². The van der Waals surface area contributed by atoms with Crippen LogP contribution in [0.2, 0.25) is 0 Å². The second-order valence-corrected chi connectivity index (χ2v) is 5.19. The third kappa shape index (κ3) is 2.38. The van der Waals surface area contributed by atoms with Gasteiger partial charge in [0.15, 0.2) is 5.78 Å². The van der Waals surface area contributed by atoms with Crippen LogP contribution in [0.15, 0.2) is 35.9 Å². The van der Waals surface area contributed by atoms with Gasteiger partial charge in [-0.15, -0.1) is 0 Å². The molecule has 0 spiro atoms. The van der Waals surface area contributed by atoms with Crippen LogP contribution in [0.5, 0.6) is 0 Å². The van der Waals surface area contributed by atoms with Crippen LogP contribution in [0.4, 0.5) is 0 Å². The molecule has 1 aliphatic rings. The number of aryl methyl sites for hydroxylation is 1. The summed E-state index contributed by atoms with van der Waals surface area (Å²) in [5.41, 5.74) is 3.11. The number of Topliss-reactive ketones (excluding diaryl/α,β-unsaturated/α-hetero) is 1. The lowest BCUT2D eigenvalue weighted by atomic mass is 9.87. The van der Waals surface area contributed by atoms with Gasteiger partial charge in [-0.05, 0) is 29.7 Å². The van der Waals surface area contributed by atoms with Crippen molar-refractivity contribution in [3.63, 3.8) is 0 Å². The highest BCUT2D eigenvalue weighted by Gasteiger charge is 2.20. The van der Waals surface area contributed by atoms with E-state index in [-0.39, 0.29) is 5.78 Å². The first-order valence-corrected chi connectivity index (χ1v) is 6.87. The van der Waals surface area contributed by atoms with Crippen LogP contribution < -0.4 is 0 Å². The number of hydrogen-bond acceptors (Lipinski definition) is 2. The lowest BCUT2D eigenvalue weighted by molar-refractivity contribution is 0.102. The summed E-state index contributed by atoms with van der Waals surface area (Å²) in [6, 6.07) is 7.96. The summed E-state index contributed by atoms with van der Waals surface area (Å²) in [5.74, 6) is 2.30. The van der Waals surface area contributed by atoms with Crippen molar-refractivity contribution in [2.75, 3.05) is 11.5 Å². The molecule has 0 bridgehead atoms. The van der Waals surface area contributed by atoms with Crippen LogP contribution in [0, 0.1) is 0 Å². The van der Waals surface area contributed by atoms with Gasteiger partial charge >= 0.3 is 0 Å². The highest BCUT2D eigenvalue weighted by atomic mass is 32.2. The molecule has 1 aromatic rings. The molecule has 0 radical (unpaired) electrons. The van der Waals surface area contributed by atoms with Gasteiger partial charge in [0.2, 0.25) is 0 Å². The fourth-order valence-electron chi connectivity index (χ4n) is 1.99. The quantitative estimate of drug-likeness (QED) is 0.586. The van der Waals surface area contributed by atoms with Crippen molar-refractivity contribution in [3.05, 3.63) is 47.0 Å². The predicted molar refractivity (Wildman–Crippen MR) is 70.2 cm³/mol. The first-order chi connectivity index (χ1) is 7.83. The summed E-state index contributed by atoms with van der Waals surface area (Å²) in [4.78, 5) is 12.1. The maximum Gasteiger partial charge on any atom is 0.189 e. The lowest BCUT2D eigenvalue weighted by Gasteiger charge is -2.16. The van der Waals surface area contributed by atoms with Crippen molar-refractivity contribution in [2.24, 2.45) is 0 Å². The Hall–Kier alpha value is -1.02. The molecule has 0 amide bonds. The summed E-state index contributed by atoms with van der Waals surface area (Å²) in [5, 5.41) is 0. The second kappa shape index (κ2) is 5.35. The lowest BCUT2D eigenvalue weighted by Crippen LogP contribution is -2.14. The van der Waals surface area contributed by atoms with Crippen molar-refractivity contribution in [3.8, 4) is 0 Å². The Morgan fingerprint density at radius 3 is 2.94 bits per heavy atom. The minimum atomic E-state index is 0.235. The molecule has 0 atom stereocenters. The maximum atomic E-state index is 12.1. The Morgan fingerprint density at radius 2 is 2.12 bits per heavy atom. The molecular weight excluding hydrogens is 216 g/mol. The fraction of sp³-hybridized carbons (Fsp3) is 0.357. The number of fused-ring (bicyclic) bond motifs is 1. The molecule has 1 nitrogen and oxygen atoms in total. The molecule has 84 valence electrons. The van der Waals surface area contributed by atoms with Crippen LogP contribution in [-0.4, -0.2) is 17.3 Å². The van der Waals surface area contributed by atoms with Gasteiger partial charge in [-0.1, -0.05) is 37.3 Å². The van der Waals surface area contributed by atoms with E-state index in [4.69, 9.17) is 0 Å². The van der Waals surface area contributed by atoms with E-state index in [1.54, 1.807) is 0 Å². The van der Waals surface area contributed by atoms with E-state index in [9.17, 15) is 4.79 Å². The first kappa shape index (κ1) is 11.5. The number of rotatable bonds is 3. The van der Waals surface area contributed by atoms with Gasteiger partial charge in [-0.3, -0.25) is 4.79 Å². The molecule has 0 aliphatic heterocycles.